The van der Waals surface area contributed by atoms with E-state index < -0.39 is 0 Å². The molecule has 2 N–H and O–H groups in total. The average molecular weight is 291 g/mol. The number of aliphatic hydroxyl groups is 1. The predicted molar refractivity (Wildman–Crippen MR) is 87.5 cm³/mol. The van der Waals surface area contributed by atoms with E-state index in [4.69, 9.17) is 0 Å². The number of aromatic nitrogens is 1. The van der Waals surface area contributed by atoms with Crippen molar-refractivity contribution in [1.82, 2.24) is 10.3 Å². The van der Waals surface area contributed by atoms with E-state index >= 15 is 0 Å². The van der Waals surface area contributed by atoms with Crippen molar-refractivity contribution in [3.8, 4) is 0 Å². The fraction of sp³-hybridized carbons (Fsp3) is 0.706. The van der Waals surface area contributed by atoms with E-state index in [-0.39, 0.29) is 6.61 Å². The van der Waals surface area contributed by atoms with E-state index in [2.05, 4.69) is 41.2 Å². The number of rotatable bonds is 7. The molecule has 4 nitrogen and oxygen atoms in total. The van der Waals surface area contributed by atoms with Gasteiger partial charge >= 0.3 is 0 Å². The summed E-state index contributed by atoms with van der Waals surface area (Å²) in [6.45, 7) is 6.02. The van der Waals surface area contributed by atoms with Crippen molar-refractivity contribution >= 4 is 5.82 Å². The molecule has 4 heteroatoms. The smallest absolute Gasteiger partial charge is 0.128 e. The van der Waals surface area contributed by atoms with E-state index in [1.165, 1.54) is 37.7 Å². The second-order valence-electron chi connectivity index (χ2n) is 6.27. The number of anilines is 1. The molecule has 0 radical (unpaired) electrons. The molecule has 1 heterocycles. The van der Waals surface area contributed by atoms with Crippen LogP contribution in [0.1, 0.15) is 51.5 Å². The summed E-state index contributed by atoms with van der Waals surface area (Å²) >= 11 is 0. The summed E-state index contributed by atoms with van der Waals surface area (Å²) in [5, 5.41) is 12.8. The monoisotopic (exact) mass is 291 g/mol. The quantitative estimate of drug-likeness (QED) is 0.811. The maximum absolute atomic E-state index is 9.35. The first-order valence-corrected chi connectivity index (χ1v) is 8.26. The fourth-order valence-electron chi connectivity index (χ4n) is 3.00. The standard InChI is InChI=1S/C17H29N3O/c1-14(2)18-12-15-8-9-17(19-13-15)20(10-11-21)16-6-4-3-5-7-16/h8-9,13-14,16,18,21H,3-7,10-12H2,1-2H3. The number of nitrogens with zero attached hydrogens (tertiary/aromatic N) is 2. The first-order chi connectivity index (χ1) is 10.2. The molecular weight excluding hydrogens is 262 g/mol. The van der Waals surface area contributed by atoms with E-state index in [9.17, 15) is 5.11 Å². The zero-order valence-electron chi connectivity index (χ0n) is 13.4. The van der Waals surface area contributed by atoms with Crippen LogP contribution in [0.5, 0.6) is 0 Å². The van der Waals surface area contributed by atoms with Crippen molar-refractivity contribution in [2.75, 3.05) is 18.1 Å². The number of hydrogen-bond donors (Lipinski definition) is 2. The number of pyridine rings is 1. The van der Waals surface area contributed by atoms with Crippen molar-refractivity contribution in [3.63, 3.8) is 0 Å². The summed E-state index contributed by atoms with van der Waals surface area (Å²) in [7, 11) is 0. The van der Waals surface area contributed by atoms with Crippen molar-refractivity contribution in [2.45, 2.75) is 64.6 Å². The van der Waals surface area contributed by atoms with Gasteiger partial charge in [0.1, 0.15) is 5.82 Å². The highest BCUT2D eigenvalue weighted by Crippen LogP contribution is 2.26. The highest BCUT2D eigenvalue weighted by atomic mass is 16.3. The molecule has 0 bridgehead atoms. The van der Waals surface area contributed by atoms with Gasteiger partial charge in [-0.3, -0.25) is 0 Å². The van der Waals surface area contributed by atoms with Crippen LogP contribution in [-0.4, -0.2) is 35.3 Å². The fourth-order valence-corrected chi connectivity index (χ4v) is 3.00. The second-order valence-corrected chi connectivity index (χ2v) is 6.27. The Bertz CT molecular complexity index is 399. The van der Waals surface area contributed by atoms with Crippen LogP contribution in [0.4, 0.5) is 5.82 Å². The molecule has 0 saturated heterocycles. The summed E-state index contributed by atoms with van der Waals surface area (Å²) in [6, 6.07) is 5.27. The maximum atomic E-state index is 9.35. The van der Waals surface area contributed by atoms with Gasteiger partial charge in [-0.2, -0.15) is 0 Å². The first kappa shape index (κ1) is 16.2. The summed E-state index contributed by atoms with van der Waals surface area (Å²) in [4.78, 5) is 6.92. The lowest BCUT2D eigenvalue weighted by atomic mass is 9.94. The van der Waals surface area contributed by atoms with Gasteiger partial charge in [0.25, 0.3) is 0 Å². The van der Waals surface area contributed by atoms with Crippen molar-refractivity contribution < 1.29 is 5.11 Å². The van der Waals surface area contributed by atoms with Gasteiger partial charge < -0.3 is 15.3 Å². The molecule has 1 aliphatic rings. The molecule has 1 aliphatic carbocycles. The molecule has 1 fully saturated rings. The third-order valence-electron chi connectivity index (χ3n) is 4.17. The van der Waals surface area contributed by atoms with Crippen LogP contribution < -0.4 is 10.2 Å². The summed E-state index contributed by atoms with van der Waals surface area (Å²) in [5.74, 6) is 1.00. The molecule has 1 saturated carbocycles. The van der Waals surface area contributed by atoms with Crippen LogP contribution >= 0.6 is 0 Å². The molecule has 0 aromatic carbocycles. The topological polar surface area (TPSA) is 48.4 Å². The summed E-state index contributed by atoms with van der Waals surface area (Å²) in [5.41, 5.74) is 1.21. The third kappa shape index (κ3) is 4.97. The SMILES string of the molecule is CC(C)NCc1ccc(N(CCO)C2CCCCC2)nc1. The van der Waals surface area contributed by atoms with E-state index in [0.717, 1.165) is 12.4 Å². The molecule has 1 aromatic rings. The molecule has 2 rings (SSSR count). The highest BCUT2D eigenvalue weighted by Gasteiger charge is 2.21. The summed E-state index contributed by atoms with van der Waals surface area (Å²) in [6.07, 6.45) is 8.33. The number of nitrogens with one attached hydrogen (secondary N) is 1. The van der Waals surface area contributed by atoms with Gasteiger partial charge in [0.15, 0.2) is 0 Å². The van der Waals surface area contributed by atoms with Crippen LogP contribution in [0.15, 0.2) is 18.3 Å². The molecule has 0 amide bonds. The van der Waals surface area contributed by atoms with Crippen molar-refractivity contribution in [2.24, 2.45) is 0 Å². The summed E-state index contributed by atoms with van der Waals surface area (Å²) < 4.78 is 0. The maximum Gasteiger partial charge on any atom is 0.128 e. The molecule has 0 spiro atoms. The largest absolute Gasteiger partial charge is 0.395 e. The molecular formula is C17H29N3O. The Hall–Kier alpha value is -1.13. The number of aliphatic hydroxyl groups excluding tert-OH is 1. The Morgan fingerprint density at radius 3 is 2.62 bits per heavy atom. The Balaban J connectivity index is 2.02. The molecule has 0 aliphatic heterocycles. The molecule has 0 unspecified atom stereocenters. The molecule has 0 atom stereocenters. The van der Waals surface area contributed by atoms with Gasteiger partial charge in [0, 0.05) is 31.4 Å². The minimum absolute atomic E-state index is 0.189. The lowest BCUT2D eigenvalue weighted by Gasteiger charge is -2.35. The minimum atomic E-state index is 0.189. The Kier molecular flexibility index (Phi) is 6.46. The van der Waals surface area contributed by atoms with Crippen molar-refractivity contribution in [3.05, 3.63) is 23.9 Å². The number of hydrogen-bond acceptors (Lipinski definition) is 4. The van der Waals surface area contributed by atoms with Crippen molar-refractivity contribution in [1.29, 1.82) is 0 Å². The van der Waals surface area contributed by atoms with Crippen LogP contribution in [0.25, 0.3) is 0 Å². The Morgan fingerprint density at radius 1 is 1.29 bits per heavy atom. The Labute approximate surface area is 128 Å². The zero-order valence-corrected chi connectivity index (χ0v) is 13.4. The van der Waals surface area contributed by atoms with Gasteiger partial charge in [-0.15, -0.1) is 0 Å². The van der Waals surface area contributed by atoms with E-state index in [0.29, 0.717) is 18.6 Å². The van der Waals surface area contributed by atoms with Crippen LogP contribution in [0.2, 0.25) is 0 Å². The van der Waals surface area contributed by atoms with Gasteiger partial charge in [0.2, 0.25) is 0 Å². The van der Waals surface area contributed by atoms with E-state index in [1.807, 2.05) is 6.20 Å². The first-order valence-electron chi connectivity index (χ1n) is 8.26. The molecule has 118 valence electrons. The van der Waals surface area contributed by atoms with Gasteiger partial charge in [0.05, 0.1) is 6.61 Å². The van der Waals surface area contributed by atoms with E-state index in [1.54, 1.807) is 0 Å². The predicted octanol–water partition coefficient (Wildman–Crippen LogP) is 2.71. The van der Waals surface area contributed by atoms with Gasteiger partial charge in [-0.25, -0.2) is 4.98 Å². The molecule has 1 aromatic heterocycles. The van der Waals surface area contributed by atoms with Gasteiger partial charge in [-0.05, 0) is 24.5 Å². The minimum Gasteiger partial charge on any atom is -0.395 e. The highest BCUT2D eigenvalue weighted by molar-refractivity contribution is 5.40. The van der Waals surface area contributed by atoms with Gasteiger partial charge in [-0.1, -0.05) is 39.2 Å². The second kappa shape index (κ2) is 8.35. The van der Waals surface area contributed by atoms with Crippen LogP contribution in [0.3, 0.4) is 0 Å². The molecule has 21 heavy (non-hydrogen) atoms. The third-order valence-corrected chi connectivity index (χ3v) is 4.17. The Morgan fingerprint density at radius 2 is 2.05 bits per heavy atom. The lowest BCUT2D eigenvalue weighted by molar-refractivity contribution is 0.289. The van der Waals surface area contributed by atoms with Crippen LogP contribution in [0, 0.1) is 0 Å². The zero-order chi connectivity index (χ0) is 15.1. The average Bonchev–Trinajstić information content (AvgIpc) is 2.52. The lowest BCUT2D eigenvalue weighted by Crippen LogP contribution is -2.39. The normalized spacial score (nSPS) is 16.4. The van der Waals surface area contributed by atoms with Crippen LogP contribution in [-0.2, 0) is 6.54 Å².